The van der Waals surface area contributed by atoms with Crippen molar-refractivity contribution in [2.45, 2.75) is 19.6 Å². The minimum atomic E-state index is -1.08. The van der Waals surface area contributed by atoms with Crippen LogP contribution in [0.15, 0.2) is 24.3 Å². The van der Waals surface area contributed by atoms with E-state index in [-0.39, 0.29) is 0 Å². The zero-order chi connectivity index (χ0) is 8.48. The van der Waals surface area contributed by atoms with Gasteiger partial charge in [-0.25, -0.2) is 0 Å². The van der Waals surface area contributed by atoms with Crippen LogP contribution in [0.3, 0.4) is 0 Å². The van der Waals surface area contributed by atoms with Gasteiger partial charge in [-0.05, 0) is 0 Å². The fraction of sp³-hybridized carbons (Fsp3) is 0.333. The summed E-state index contributed by atoms with van der Waals surface area (Å²) in [6, 6.07) is 8.72. The van der Waals surface area contributed by atoms with Crippen LogP contribution in [-0.2, 0) is 0 Å². The van der Waals surface area contributed by atoms with Gasteiger partial charge in [0.15, 0.2) is 0 Å². The van der Waals surface area contributed by atoms with E-state index in [2.05, 4.69) is 61.6 Å². The predicted molar refractivity (Wildman–Crippen MR) is 54.8 cm³/mol. The minimum absolute atomic E-state index is 1.08. The van der Waals surface area contributed by atoms with Crippen LogP contribution < -0.4 is 9.42 Å². The first kappa shape index (κ1) is 9.12. The van der Waals surface area contributed by atoms with E-state index >= 15 is 0 Å². The standard InChI is InChI=1S/C9H13Si.Li/c1-10(2,3)9-7-5-4-6-8-9;/h4-7H,1-3H3;. The van der Waals surface area contributed by atoms with Crippen molar-refractivity contribution in [1.29, 1.82) is 0 Å². The van der Waals surface area contributed by atoms with Gasteiger partial charge in [-0.1, -0.05) is 0 Å². The Bertz CT molecular complexity index is 250. The van der Waals surface area contributed by atoms with Gasteiger partial charge in [-0.2, -0.15) is 0 Å². The van der Waals surface area contributed by atoms with Crippen LogP contribution >= 0.6 is 0 Å². The Morgan fingerprint density at radius 2 is 1.64 bits per heavy atom. The summed E-state index contributed by atoms with van der Waals surface area (Å²) in [5.41, 5.74) is 0. The summed E-state index contributed by atoms with van der Waals surface area (Å²) in [7, 11) is -1.08. The fourth-order valence-electron chi connectivity index (χ4n) is 1.41. The molecule has 0 N–H and O–H groups in total. The fourth-order valence-corrected chi connectivity index (χ4v) is 3.28. The third-order valence-electron chi connectivity index (χ3n) is 1.95. The molecule has 11 heavy (non-hydrogen) atoms. The molecular weight excluding hydrogens is 143 g/mol. The van der Waals surface area contributed by atoms with Crippen LogP contribution in [0.5, 0.6) is 0 Å². The van der Waals surface area contributed by atoms with Gasteiger partial charge in [0.2, 0.25) is 0 Å². The van der Waals surface area contributed by atoms with Crippen LogP contribution in [0, 0.1) is 0 Å². The Balaban J connectivity index is 3.14. The van der Waals surface area contributed by atoms with Gasteiger partial charge in [0.1, 0.15) is 0 Å². The van der Waals surface area contributed by atoms with Crippen LogP contribution in [-0.4, -0.2) is 25.8 Å². The van der Waals surface area contributed by atoms with Crippen molar-refractivity contribution in [2.75, 3.05) is 0 Å². The number of benzene rings is 1. The van der Waals surface area contributed by atoms with E-state index < -0.39 is 8.07 Å². The van der Waals surface area contributed by atoms with Crippen molar-refractivity contribution >= 4 is 35.2 Å². The van der Waals surface area contributed by atoms with E-state index in [0.717, 1.165) is 0 Å². The van der Waals surface area contributed by atoms with E-state index in [1.54, 1.807) is 5.19 Å². The summed E-state index contributed by atoms with van der Waals surface area (Å²) >= 11 is 2.20. The maximum atomic E-state index is 2.38. The van der Waals surface area contributed by atoms with Crippen LogP contribution in [0.2, 0.25) is 19.6 Å². The molecule has 0 unspecified atom stereocenters. The normalized spacial score (nSPS) is 11.7. The van der Waals surface area contributed by atoms with Crippen molar-refractivity contribution in [3.05, 3.63) is 24.3 Å². The molecule has 0 spiro atoms. The Labute approximate surface area is 79.2 Å². The number of hydrogen-bond acceptors (Lipinski definition) is 0. The molecule has 0 atom stereocenters. The van der Waals surface area contributed by atoms with E-state index in [4.69, 9.17) is 0 Å². The Morgan fingerprint density at radius 3 is 2.00 bits per heavy atom. The van der Waals surface area contributed by atoms with Crippen LogP contribution in [0.25, 0.3) is 0 Å². The molecule has 0 aliphatic carbocycles. The molecule has 0 fully saturated rings. The molecule has 0 saturated carbocycles. The maximum absolute atomic E-state index is 2.38. The van der Waals surface area contributed by atoms with E-state index in [0.29, 0.717) is 0 Å². The molecular formula is C9H13LiSi. The van der Waals surface area contributed by atoms with Gasteiger partial charge < -0.3 is 0 Å². The van der Waals surface area contributed by atoms with Crippen LogP contribution in [0.4, 0.5) is 0 Å². The zero-order valence-electron chi connectivity index (χ0n) is 7.81. The van der Waals surface area contributed by atoms with Crippen molar-refractivity contribution in [3.8, 4) is 0 Å². The van der Waals surface area contributed by atoms with Crippen LogP contribution in [0.1, 0.15) is 0 Å². The molecule has 1 aromatic carbocycles. The SMILES string of the molecule is [Li][c]1ccccc1[Si](C)(C)C. The van der Waals surface area contributed by atoms with Crippen molar-refractivity contribution < 1.29 is 0 Å². The second-order valence-corrected chi connectivity index (χ2v) is 9.10. The molecule has 0 radical (unpaired) electrons. The quantitative estimate of drug-likeness (QED) is 0.533. The summed E-state index contributed by atoms with van der Waals surface area (Å²) in [5.74, 6) is 0. The molecule has 0 heterocycles. The van der Waals surface area contributed by atoms with Gasteiger partial charge in [-0.15, -0.1) is 0 Å². The van der Waals surface area contributed by atoms with Gasteiger partial charge in [0.25, 0.3) is 0 Å². The average Bonchev–Trinajstić information content (AvgIpc) is 1.86. The molecule has 0 saturated heterocycles. The second-order valence-electron chi connectivity index (χ2n) is 4.06. The number of rotatable bonds is 1. The molecule has 0 aliphatic heterocycles. The molecule has 0 amide bonds. The molecule has 0 nitrogen and oxygen atoms in total. The van der Waals surface area contributed by atoms with Gasteiger partial charge in [0.05, 0.1) is 0 Å². The monoisotopic (exact) mass is 156 g/mol. The first-order chi connectivity index (χ1) is 5.02. The third kappa shape index (κ3) is 2.23. The summed E-state index contributed by atoms with van der Waals surface area (Å²) in [6.45, 7) is 7.15. The second kappa shape index (κ2) is 3.19. The zero-order valence-corrected chi connectivity index (χ0v) is 8.81. The molecule has 54 valence electrons. The Morgan fingerprint density at radius 1 is 1.09 bits per heavy atom. The van der Waals surface area contributed by atoms with Gasteiger partial charge in [0, 0.05) is 0 Å². The van der Waals surface area contributed by atoms with Gasteiger partial charge >= 0.3 is 79.1 Å². The molecule has 0 aliphatic rings. The first-order valence-electron chi connectivity index (χ1n) is 4.08. The average molecular weight is 156 g/mol. The summed E-state index contributed by atoms with van der Waals surface area (Å²) < 4.78 is 1.45. The predicted octanol–water partition coefficient (Wildman–Crippen LogP) is 1.03. The topological polar surface area (TPSA) is 0 Å². The number of hydrogen-bond donors (Lipinski definition) is 0. The van der Waals surface area contributed by atoms with Crippen molar-refractivity contribution in [1.82, 2.24) is 0 Å². The molecule has 0 aromatic heterocycles. The molecule has 2 heteroatoms. The van der Waals surface area contributed by atoms with Gasteiger partial charge in [-0.3, -0.25) is 0 Å². The van der Waals surface area contributed by atoms with E-state index in [9.17, 15) is 0 Å². The molecule has 0 bridgehead atoms. The molecule has 1 aromatic rings. The van der Waals surface area contributed by atoms with Crippen molar-refractivity contribution in [2.24, 2.45) is 0 Å². The summed E-state index contributed by atoms with van der Waals surface area (Å²) in [4.78, 5) is 0. The molecule has 1 rings (SSSR count). The van der Waals surface area contributed by atoms with Crippen molar-refractivity contribution in [3.63, 3.8) is 0 Å². The third-order valence-corrected chi connectivity index (χ3v) is 4.13. The Kier molecular flexibility index (Phi) is 2.64. The van der Waals surface area contributed by atoms with E-state index in [1.807, 2.05) is 0 Å². The summed E-state index contributed by atoms with van der Waals surface area (Å²) in [5, 5.41) is 1.58. The first-order valence-corrected chi connectivity index (χ1v) is 7.58. The van der Waals surface area contributed by atoms with E-state index in [1.165, 1.54) is 4.24 Å². The summed E-state index contributed by atoms with van der Waals surface area (Å²) in [6.07, 6.45) is 0. The Hall–Kier alpha value is 0.0343.